The van der Waals surface area contributed by atoms with Crippen molar-refractivity contribution < 1.29 is 0 Å². The van der Waals surface area contributed by atoms with E-state index < -0.39 is 0 Å². The first kappa shape index (κ1) is 14.0. The molecule has 1 aromatic carbocycles. The van der Waals surface area contributed by atoms with E-state index in [9.17, 15) is 0 Å². The lowest BCUT2D eigenvalue weighted by Gasteiger charge is -2.37. The molecule has 2 N–H and O–H groups in total. The molecule has 1 aromatic rings. The number of rotatable bonds is 3. The summed E-state index contributed by atoms with van der Waals surface area (Å²) in [6.07, 6.45) is 2.36. The Balaban J connectivity index is 2.01. The van der Waals surface area contributed by atoms with Crippen molar-refractivity contribution in [3.63, 3.8) is 0 Å². The van der Waals surface area contributed by atoms with Gasteiger partial charge in [-0.25, -0.2) is 0 Å². The van der Waals surface area contributed by atoms with Gasteiger partial charge in [-0.05, 0) is 63.4 Å². The Labute approximate surface area is 116 Å². The quantitative estimate of drug-likeness (QED) is 0.905. The standard InChI is InChI=1S/C16H23N3/c1-12(18)15-6-8-19(9-7-15)13(2)16-5-3-4-14(10-16)11-17/h3-5,10,12-13,15H,6-9,18H2,1-2H3. The van der Waals surface area contributed by atoms with E-state index in [1.807, 2.05) is 18.2 Å². The topological polar surface area (TPSA) is 53.0 Å². The summed E-state index contributed by atoms with van der Waals surface area (Å²) < 4.78 is 0. The smallest absolute Gasteiger partial charge is 0.0991 e. The van der Waals surface area contributed by atoms with Gasteiger partial charge in [0.05, 0.1) is 11.6 Å². The summed E-state index contributed by atoms with van der Waals surface area (Å²) in [6, 6.07) is 10.8. The van der Waals surface area contributed by atoms with E-state index in [1.165, 1.54) is 18.4 Å². The molecule has 3 nitrogen and oxygen atoms in total. The van der Waals surface area contributed by atoms with Gasteiger partial charge in [0.15, 0.2) is 0 Å². The highest BCUT2D eigenvalue weighted by molar-refractivity contribution is 5.34. The Kier molecular flexibility index (Phi) is 4.57. The maximum atomic E-state index is 8.97. The second-order valence-corrected chi connectivity index (χ2v) is 5.65. The maximum absolute atomic E-state index is 8.97. The minimum absolute atomic E-state index is 0.305. The Morgan fingerprint density at radius 2 is 2.00 bits per heavy atom. The molecule has 1 fully saturated rings. The van der Waals surface area contributed by atoms with Gasteiger partial charge in [-0.3, -0.25) is 4.90 Å². The van der Waals surface area contributed by atoms with E-state index >= 15 is 0 Å². The molecule has 0 radical (unpaired) electrons. The van der Waals surface area contributed by atoms with E-state index in [0.29, 0.717) is 18.0 Å². The first-order valence-corrected chi connectivity index (χ1v) is 7.11. The molecule has 1 heterocycles. The maximum Gasteiger partial charge on any atom is 0.0991 e. The second kappa shape index (κ2) is 6.18. The average molecular weight is 257 g/mol. The predicted molar refractivity (Wildman–Crippen MR) is 77.5 cm³/mol. The molecule has 1 saturated heterocycles. The van der Waals surface area contributed by atoms with Crippen LogP contribution in [0.25, 0.3) is 0 Å². The third kappa shape index (κ3) is 3.34. The van der Waals surface area contributed by atoms with Gasteiger partial charge in [0.1, 0.15) is 0 Å². The summed E-state index contributed by atoms with van der Waals surface area (Å²) in [5, 5.41) is 8.97. The highest BCUT2D eigenvalue weighted by atomic mass is 15.2. The summed E-state index contributed by atoms with van der Waals surface area (Å²) in [5.74, 6) is 0.661. The minimum atomic E-state index is 0.305. The number of piperidine rings is 1. The van der Waals surface area contributed by atoms with Crippen molar-refractivity contribution >= 4 is 0 Å². The van der Waals surface area contributed by atoms with Gasteiger partial charge in [0.25, 0.3) is 0 Å². The van der Waals surface area contributed by atoms with Crippen molar-refractivity contribution in [1.29, 1.82) is 5.26 Å². The first-order chi connectivity index (χ1) is 9.11. The number of nitriles is 1. The summed E-state index contributed by atoms with van der Waals surface area (Å²) in [5.41, 5.74) is 7.96. The molecule has 0 aliphatic carbocycles. The number of nitrogens with zero attached hydrogens (tertiary/aromatic N) is 2. The molecule has 19 heavy (non-hydrogen) atoms. The van der Waals surface area contributed by atoms with Crippen molar-refractivity contribution in [2.45, 2.75) is 38.8 Å². The monoisotopic (exact) mass is 257 g/mol. The van der Waals surface area contributed by atoms with Crippen LogP contribution in [0.1, 0.15) is 43.9 Å². The lowest BCUT2D eigenvalue weighted by atomic mass is 9.89. The third-order valence-corrected chi connectivity index (χ3v) is 4.36. The Morgan fingerprint density at radius 1 is 1.32 bits per heavy atom. The van der Waals surface area contributed by atoms with Crippen LogP contribution < -0.4 is 5.73 Å². The summed E-state index contributed by atoms with van der Waals surface area (Å²) >= 11 is 0. The van der Waals surface area contributed by atoms with Gasteiger partial charge >= 0.3 is 0 Å². The van der Waals surface area contributed by atoms with Crippen LogP contribution >= 0.6 is 0 Å². The van der Waals surface area contributed by atoms with E-state index in [1.54, 1.807) is 0 Å². The molecular formula is C16H23N3. The molecule has 0 amide bonds. The van der Waals surface area contributed by atoms with E-state index in [-0.39, 0.29) is 0 Å². The molecule has 1 aliphatic rings. The van der Waals surface area contributed by atoms with Gasteiger partial charge in [0.2, 0.25) is 0 Å². The largest absolute Gasteiger partial charge is 0.328 e. The van der Waals surface area contributed by atoms with Crippen LogP contribution in [0, 0.1) is 17.2 Å². The molecule has 1 aliphatic heterocycles. The number of benzene rings is 1. The molecular weight excluding hydrogens is 234 g/mol. The Hall–Kier alpha value is -1.37. The van der Waals surface area contributed by atoms with Gasteiger partial charge in [-0.2, -0.15) is 5.26 Å². The van der Waals surface area contributed by atoms with Crippen LogP contribution in [-0.2, 0) is 0 Å². The molecule has 0 aromatic heterocycles. The van der Waals surface area contributed by atoms with Gasteiger partial charge in [0, 0.05) is 12.1 Å². The zero-order chi connectivity index (χ0) is 13.8. The minimum Gasteiger partial charge on any atom is -0.328 e. The molecule has 3 heteroatoms. The van der Waals surface area contributed by atoms with E-state index in [2.05, 4.69) is 30.9 Å². The fraction of sp³-hybridized carbons (Fsp3) is 0.562. The average Bonchev–Trinajstić information content (AvgIpc) is 2.46. The number of likely N-dealkylation sites (tertiary alicyclic amines) is 1. The lowest BCUT2D eigenvalue weighted by Crippen LogP contribution is -2.40. The van der Waals surface area contributed by atoms with Gasteiger partial charge < -0.3 is 5.73 Å². The third-order valence-electron chi connectivity index (χ3n) is 4.36. The number of nitrogens with two attached hydrogens (primary N) is 1. The van der Waals surface area contributed by atoms with E-state index in [4.69, 9.17) is 11.0 Å². The second-order valence-electron chi connectivity index (χ2n) is 5.65. The lowest BCUT2D eigenvalue weighted by molar-refractivity contribution is 0.132. The molecule has 102 valence electrons. The summed E-state index contributed by atoms with van der Waals surface area (Å²) in [6.45, 7) is 6.54. The molecule has 0 saturated carbocycles. The zero-order valence-electron chi connectivity index (χ0n) is 11.8. The van der Waals surface area contributed by atoms with E-state index in [0.717, 1.165) is 18.7 Å². The van der Waals surface area contributed by atoms with Crippen molar-refractivity contribution in [3.05, 3.63) is 35.4 Å². The van der Waals surface area contributed by atoms with Crippen LogP contribution in [-0.4, -0.2) is 24.0 Å². The summed E-state index contributed by atoms with van der Waals surface area (Å²) in [7, 11) is 0. The molecule has 0 bridgehead atoms. The van der Waals surface area contributed by atoms with Crippen LogP contribution in [0.15, 0.2) is 24.3 Å². The fourth-order valence-electron chi connectivity index (χ4n) is 2.91. The van der Waals surface area contributed by atoms with Crippen molar-refractivity contribution in [3.8, 4) is 6.07 Å². The van der Waals surface area contributed by atoms with Crippen molar-refractivity contribution in [2.75, 3.05) is 13.1 Å². The normalized spacial score (nSPS) is 20.7. The van der Waals surface area contributed by atoms with Crippen LogP contribution in [0.3, 0.4) is 0 Å². The molecule has 2 rings (SSSR count). The molecule has 2 unspecified atom stereocenters. The van der Waals surface area contributed by atoms with Gasteiger partial charge in [-0.15, -0.1) is 0 Å². The Bertz CT molecular complexity index is 453. The number of hydrogen-bond donors (Lipinski definition) is 1. The molecule has 0 spiro atoms. The number of hydrogen-bond acceptors (Lipinski definition) is 3. The molecule has 2 atom stereocenters. The van der Waals surface area contributed by atoms with Crippen molar-refractivity contribution in [2.24, 2.45) is 11.7 Å². The van der Waals surface area contributed by atoms with Crippen LogP contribution in [0.5, 0.6) is 0 Å². The highest BCUT2D eigenvalue weighted by Crippen LogP contribution is 2.27. The van der Waals surface area contributed by atoms with Crippen molar-refractivity contribution in [1.82, 2.24) is 4.90 Å². The fourth-order valence-corrected chi connectivity index (χ4v) is 2.91. The SMILES string of the molecule is CC(N)C1CCN(C(C)c2cccc(C#N)c2)CC1. The summed E-state index contributed by atoms with van der Waals surface area (Å²) in [4.78, 5) is 2.50. The Morgan fingerprint density at radius 3 is 2.58 bits per heavy atom. The zero-order valence-corrected chi connectivity index (χ0v) is 11.8. The van der Waals surface area contributed by atoms with Crippen LogP contribution in [0.4, 0.5) is 0 Å². The first-order valence-electron chi connectivity index (χ1n) is 7.11. The predicted octanol–water partition coefficient (Wildman–Crippen LogP) is 2.68. The van der Waals surface area contributed by atoms with Gasteiger partial charge in [-0.1, -0.05) is 12.1 Å². The van der Waals surface area contributed by atoms with Crippen LogP contribution in [0.2, 0.25) is 0 Å². The highest BCUT2D eigenvalue weighted by Gasteiger charge is 2.25.